The molecule has 2 aromatic rings. The number of carbonyl (C=O) groups is 2. The summed E-state index contributed by atoms with van der Waals surface area (Å²) in [5, 5.41) is 17.6. The molecule has 11 heteroatoms. The highest BCUT2D eigenvalue weighted by Crippen LogP contribution is 2.27. The van der Waals surface area contributed by atoms with E-state index < -0.39 is 35.7 Å². The summed E-state index contributed by atoms with van der Waals surface area (Å²) in [6.07, 6.45) is 5.12. The van der Waals surface area contributed by atoms with Crippen molar-refractivity contribution < 1.29 is 23.5 Å². The molecule has 2 aliphatic rings. The van der Waals surface area contributed by atoms with Crippen molar-refractivity contribution in [3.8, 4) is 5.88 Å². The Morgan fingerprint density at radius 2 is 2.09 bits per heavy atom. The zero-order valence-corrected chi connectivity index (χ0v) is 17.8. The predicted molar refractivity (Wildman–Crippen MR) is 112 cm³/mol. The van der Waals surface area contributed by atoms with Gasteiger partial charge in [0.05, 0.1) is 12.7 Å². The third-order valence-corrected chi connectivity index (χ3v) is 5.49. The lowest BCUT2D eigenvalue weighted by Crippen LogP contribution is -2.34. The Kier molecular flexibility index (Phi) is 5.51. The van der Waals surface area contributed by atoms with Crippen LogP contribution in [0.5, 0.6) is 5.88 Å². The normalized spacial score (nSPS) is 18.2. The van der Waals surface area contributed by atoms with Gasteiger partial charge in [-0.25, -0.2) is 8.78 Å². The number of hydrogen-bond donors (Lipinski definition) is 2. The van der Waals surface area contributed by atoms with Crippen LogP contribution in [0.4, 0.5) is 8.78 Å². The summed E-state index contributed by atoms with van der Waals surface area (Å²) in [6, 6.07) is -0.00404. The summed E-state index contributed by atoms with van der Waals surface area (Å²) in [5.41, 5.74) is -0.619. The van der Waals surface area contributed by atoms with Gasteiger partial charge in [-0.15, -0.1) is 0 Å². The molecule has 1 saturated heterocycles. The van der Waals surface area contributed by atoms with Crippen LogP contribution in [0.2, 0.25) is 0 Å². The number of carbonyl (C=O) groups excluding carboxylic acids is 2. The van der Waals surface area contributed by atoms with Crippen LogP contribution in [0.3, 0.4) is 0 Å². The van der Waals surface area contributed by atoms with Gasteiger partial charge in [-0.2, -0.15) is 9.61 Å². The third-order valence-electron chi connectivity index (χ3n) is 5.49. The maximum Gasteiger partial charge on any atom is 0.291 e. The average molecular weight is 449 g/mol. The molecule has 3 heterocycles. The number of aromatic hydroxyl groups is 1. The van der Waals surface area contributed by atoms with E-state index in [0.29, 0.717) is 5.56 Å². The van der Waals surface area contributed by atoms with Gasteiger partial charge in [0.15, 0.2) is 5.56 Å². The number of fused-ring (bicyclic) bond motifs is 1. The van der Waals surface area contributed by atoms with Crippen molar-refractivity contribution >= 4 is 23.5 Å². The van der Waals surface area contributed by atoms with Crippen LogP contribution in [0.1, 0.15) is 49.0 Å². The van der Waals surface area contributed by atoms with Crippen LogP contribution in [0.25, 0.3) is 11.7 Å². The Morgan fingerprint density at radius 3 is 2.69 bits per heavy atom. The highest BCUT2D eigenvalue weighted by atomic mass is 19.3. The zero-order valence-electron chi connectivity index (χ0n) is 17.8. The van der Waals surface area contributed by atoms with Crippen molar-refractivity contribution in [1.82, 2.24) is 24.4 Å². The molecule has 2 amide bonds. The van der Waals surface area contributed by atoms with E-state index in [-0.39, 0.29) is 42.7 Å². The number of nitrogens with one attached hydrogen (secondary N) is 1. The van der Waals surface area contributed by atoms with Crippen LogP contribution in [-0.2, 0) is 11.3 Å². The van der Waals surface area contributed by atoms with E-state index in [0.717, 1.165) is 28.3 Å². The van der Waals surface area contributed by atoms with Crippen molar-refractivity contribution in [2.45, 2.75) is 51.6 Å². The Labute approximate surface area is 182 Å². The molecule has 0 atom stereocenters. The molecule has 2 N–H and O–H groups in total. The van der Waals surface area contributed by atoms with E-state index in [1.165, 1.54) is 16.8 Å². The minimum absolute atomic E-state index is 0.00404. The molecule has 0 bridgehead atoms. The second kappa shape index (κ2) is 8.03. The number of hydrogen-bond acceptors (Lipinski definition) is 5. The van der Waals surface area contributed by atoms with Gasteiger partial charge in [0.25, 0.3) is 17.4 Å². The minimum Gasteiger partial charge on any atom is -0.494 e. The van der Waals surface area contributed by atoms with Crippen LogP contribution in [0.15, 0.2) is 17.1 Å². The molecule has 32 heavy (non-hydrogen) atoms. The topological polar surface area (TPSA) is 109 Å². The second-order valence-electron chi connectivity index (χ2n) is 8.79. The van der Waals surface area contributed by atoms with Gasteiger partial charge >= 0.3 is 0 Å². The fourth-order valence-electron chi connectivity index (χ4n) is 3.74. The summed E-state index contributed by atoms with van der Waals surface area (Å²) in [7, 11) is 0. The predicted octanol–water partition coefficient (Wildman–Crippen LogP) is 1.63. The highest BCUT2D eigenvalue weighted by Gasteiger charge is 2.39. The van der Waals surface area contributed by atoms with E-state index >= 15 is 0 Å². The summed E-state index contributed by atoms with van der Waals surface area (Å²) >= 11 is 0. The summed E-state index contributed by atoms with van der Waals surface area (Å²) in [5.74, 6) is -4.56. The monoisotopic (exact) mass is 449 g/mol. The lowest BCUT2D eigenvalue weighted by atomic mass is 10.2. The standard InChI is InChI=1S/C21H25F2N5O4/c1-12(2)10-27-18-13(3-6-15(29)26-8-7-21(22,23)11-26)9-24-28(18)20(32)16(19(27)31)17(30)25-14-4-5-14/h3,6,9,12,14,31H,4-5,7-8,10-11H2,1-2H3,(H,25,30). The quantitative estimate of drug-likeness (QED) is 0.652. The second-order valence-corrected chi connectivity index (χ2v) is 8.79. The lowest BCUT2D eigenvalue weighted by molar-refractivity contribution is -0.126. The fourth-order valence-corrected chi connectivity index (χ4v) is 3.74. The molecular formula is C21H25F2N5O4. The summed E-state index contributed by atoms with van der Waals surface area (Å²) in [4.78, 5) is 38.9. The lowest BCUT2D eigenvalue weighted by Gasteiger charge is -2.17. The number of rotatable bonds is 6. The van der Waals surface area contributed by atoms with Gasteiger partial charge in [-0.3, -0.25) is 19.0 Å². The maximum absolute atomic E-state index is 13.4. The van der Waals surface area contributed by atoms with E-state index in [1.807, 2.05) is 13.8 Å². The first kappa shape index (κ1) is 22.0. The van der Waals surface area contributed by atoms with Gasteiger partial charge in [0.2, 0.25) is 11.8 Å². The SMILES string of the molecule is CC(C)Cn1c(O)c(C(=O)NC2CC2)c(=O)n2ncc(C=CC(=O)N3CCC(F)(F)C3)c12. The van der Waals surface area contributed by atoms with Gasteiger partial charge in [-0.05, 0) is 24.8 Å². The molecule has 1 aliphatic heterocycles. The zero-order chi connectivity index (χ0) is 23.2. The van der Waals surface area contributed by atoms with E-state index in [9.17, 15) is 28.3 Å². The minimum atomic E-state index is -2.89. The van der Waals surface area contributed by atoms with E-state index in [1.54, 1.807) is 0 Å². The highest BCUT2D eigenvalue weighted by molar-refractivity contribution is 5.97. The molecule has 1 aliphatic carbocycles. The molecule has 0 radical (unpaired) electrons. The first-order chi connectivity index (χ1) is 15.1. The Hall–Kier alpha value is -3.24. The van der Waals surface area contributed by atoms with Crippen molar-refractivity contribution in [1.29, 1.82) is 0 Å². The fraction of sp³-hybridized carbons (Fsp3) is 0.524. The molecule has 0 aromatic carbocycles. The van der Waals surface area contributed by atoms with Crippen LogP contribution < -0.4 is 10.9 Å². The molecular weight excluding hydrogens is 424 g/mol. The molecule has 2 aromatic heterocycles. The third kappa shape index (κ3) is 4.23. The number of aromatic nitrogens is 3. The number of likely N-dealkylation sites (tertiary alicyclic amines) is 1. The Morgan fingerprint density at radius 1 is 1.38 bits per heavy atom. The maximum atomic E-state index is 13.4. The van der Waals surface area contributed by atoms with Crippen LogP contribution in [-0.4, -0.2) is 61.1 Å². The molecule has 0 spiro atoms. The van der Waals surface area contributed by atoms with Gasteiger partial charge in [0, 0.05) is 37.2 Å². The van der Waals surface area contributed by atoms with E-state index in [2.05, 4.69) is 10.4 Å². The Bertz CT molecular complexity index is 1160. The number of amides is 2. The summed E-state index contributed by atoms with van der Waals surface area (Å²) in [6.45, 7) is 3.41. The molecule has 1 saturated carbocycles. The van der Waals surface area contributed by atoms with E-state index in [4.69, 9.17) is 0 Å². The smallest absolute Gasteiger partial charge is 0.291 e. The van der Waals surface area contributed by atoms with Crippen molar-refractivity contribution in [3.63, 3.8) is 0 Å². The number of nitrogens with zero attached hydrogens (tertiary/aromatic N) is 4. The van der Waals surface area contributed by atoms with Gasteiger partial charge < -0.3 is 15.3 Å². The summed E-state index contributed by atoms with van der Waals surface area (Å²) < 4.78 is 29.2. The van der Waals surface area contributed by atoms with Gasteiger partial charge in [-0.1, -0.05) is 13.8 Å². The van der Waals surface area contributed by atoms with Gasteiger partial charge in [0.1, 0.15) is 5.65 Å². The molecule has 9 nitrogen and oxygen atoms in total. The van der Waals surface area contributed by atoms with Crippen LogP contribution in [0, 0.1) is 5.92 Å². The Balaban J connectivity index is 1.74. The first-order valence-electron chi connectivity index (χ1n) is 10.6. The van der Waals surface area contributed by atoms with Crippen molar-refractivity contribution in [3.05, 3.63) is 33.8 Å². The largest absolute Gasteiger partial charge is 0.494 e. The molecule has 2 fully saturated rings. The first-order valence-corrected chi connectivity index (χ1v) is 10.6. The van der Waals surface area contributed by atoms with Crippen molar-refractivity contribution in [2.75, 3.05) is 13.1 Å². The molecule has 0 unspecified atom stereocenters. The van der Waals surface area contributed by atoms with Crippen molar-refractivity contribution in [2.24, 2.45) is 5.92 Å². The molecule has 172 valence electrons. The average Bonchev–Trinajstić information content (AvgIpc) is 3.29. The van der Waals surface area contributed by atoms with Crippen LogP contribution >= 0.6 is 0 Å². The number of alkyl halides is 2. The molecule has 4 rings (SSSR count). The number of halogens is 2.